The zero-order valence-electron chi connectivity index (χ0n) is 8.79. The summed E-state index contributed by atoms with van der Waals surface area (Å²) in [5.41, 5.74) is 6.44. The number of esters is 1. The van der Waals surface area contributed by atoms with Crippen LogP contribution in [-0.2, 0) is 18.2 Å². The molecule has 84 valence electrons. The third-order valence-electron chi connectivity index (χ3n) is 2.13. The molecule has 0 radical (unpaired) electrons. The van der Waals surface area contributed by atoms with Crippen molar-refractivity contribution in [2.24, 2.45) is 7.05 Å². The van der Waals surface area contributed by atoms with Gasteiger partial charge in [-0.2, -0.15) is 5.10 Å². The fraction of sp³-hybridized carbons (Fsp3) is 0.556. The molecule has 0 aliphatic heterocycles. The summed E-state index contributed by atoms with van der Waals surface area (Å²) < 4.78 is 18.0. The highest BCUT2D eigenvalue weighted by Gasteiger charge is 2.20. The van der Waals surface area contributed by atoms with E-state index in [1.165, 1.54) is 11.8 Å². The van der Waals surface area contributed by atoms with Gasteiger partial charge in [0.25, 0.3) is 0 Å². The topological polar surface area (TPSA) is 70.1 Å². The van der Waals surface area contributed by atoms with Gasteiger partial charge in [-0.25, -0.2) is 4.79 Å². The zero-order chi connectivity index (χ0) is 11.4. The molecule has 1 heterocycles. The second-order valence-electron chi connectivity index (χ2n) is 3.12. The number of hydrogen-bond donors (Lipinski definition) is 1. The lowest BCUT2D eigenvalue weighted by Crippen LogP contribution is -2.06. The molecular formula is C9H14FN3O2. The number of aromatic nitrogens is 2. The Morgan fingerprint density at radius 3 is 2.87 bits per heavy atom. The number of rotatable bonds is 4. The summed E-state index contributed by atoms with van der Waals surface area (Å²) in [4.78, 5) is 11.3. The molecule has 0 saturated carbocycles. The molecule has 0 fully saturated rings. The van der Waals surface area contributed by atoms with Crippen LogP contribution in [0, 0.1) is 0 Å². The van der Waals surface area contributed by atoms with Gasteiger partial charge in [0.15, 0.2) is 5.69 Å². The van der Waals surface area contributed by atoms with E-state index in [-0.39, 0.29) is 5.69 Å². The molecule has 0 amide bonds. The van der Waals surface area contributed by atoms with E-state index in [4.69, 9.17) is 5.73 Å². The fourth-order valence-corrected chi connectivity index (χ4v) is 1.33. The predicted octanol–water partition coefficient (Wildman–Crippen LogP) is 0.691. The minimum atomic E-state index is -0.545. The molecule has 1 rings (SSSR count). The molecule has 0 bridgehead atoms. The van der Waals surface area contributed by atoms with Crippen molar-refractivity contribution in [1.29, 1.82) is 0 Å². The number of nitrogen functional groups attached to an aromatic ring is 1. The highest BCUT2D eigenvalue weighted by Crippen LogP contribution is 2.18. The van der Waals surface area contributed by atoms with E-state index in [1.807, 2.05) is 0 Å². The van der Waals surface area contributed by atoms with Crippen LogP contribution in [0.4, 0.5) is 10.2 Å². The van der Waals surface area contributed by atoms with E-state index in [1.54, 1.807) is 7.05 Å². The van der Waals surface area contributed by atoms with Crippen LogP contribution in [0.5, 0.6) is 0 Å². The van der Waals surface area contributed by atoms with E-state index in [2.05, 4.69) is 9.84 Å². The number of carbonyl (C=O) groups excluding carboxylic acids is 1. The molecule has 0 unspecified atom stereocenters. The first-order valence-electron chi connectivity index (χ1n) is 4.57. The van der Waals surface area contributed by atoms with Crippen molar-refractivity contribution >= 4 is 11.8 Å². The smallest absolute Gasteiger partial charge is 0.358 e. The number of anilines is 1. The average Bonchev–Trinajstić information content (AvgIpc) is 2.52. The molecule has 5 nitrogen and oxygen atoms in total. The summed E-state index contributed by atoms with van der Waals surface area (Å²) in [5, 5.41) is 3.93. The van der Waals surface area contributed by atoms with E-state index >= 15 is 0 Å². The fourth-order valence-electron chi connectivity index (χ4n) is 1.33. The number of methoxy groups -OCH3 is 1. The highest BCUT2D eigenvalue weighted by atomic mass is 19.1. The number of carbonyl (C=O) groups is 1. The van der Waals surface area contributed by atoms with Gasteiger partial charge >= 0.3 is 5.97 Å². The average molecular weight is 215 g/mol. The van der Waals surface area contributed by atoms with Gasteiger partial charge in [0.2, 0.25) is 0 Å². The van der Waals surface area contributed by atoms with Crippen molar-refractivity contribution in [2.75, 3.05) is 19.5 Å². The third-order valence-corrected chi connectivity index (χ3v) is 2.13. The second-order valence-corrected chi connectivity index (χ2v) is 3.12. The van der Waals surface area contributed by atoms with Crippen LogP contribution in [0.2, 0.25) is 0 Å². The van der Waals surface area contributed by atoms with Gasteiger partial charge in [-0.3, -0.25) is 9.07 Å². The van der Waals surface area contributed by atoms with E-state index in [9.17, 15) is 9.18 Å². The van der Waals surface area contributed by atoms with Crippen LogP contribution in [0.15, 0.2) is 0 Å². The summed E-state index contributed by atoms with van der Waals surface area (Å²) in [7, 11) is 2.90. The summed E-state index contributed by atoms with van der Waals surface area (Å²) in [6, 6.07) is 0. The SMILES string of the molecule is COC(=O)c1nn(C)c(N)c1CCCF. The molecule has 2 N–H and O–H groups in total. The van der Waals surface area contributed by atoms with E-state index in [0.717, 1.165) is 0 Å². The first kappa shape index (κ1) is 11.5. The van der Waals surface area contributed by atoms with Crippen molar-refractivity contribution in [2.45, 2.75) is 12.8 Å². The standard InChI is InChI=1S/C9H14FN3O2/c1-13-8(11)6(4-3-5-10)7(12-13)9(14)15-2/h3-5,11H2,1-2H3. The summed E-state index contributed by atoms with van der Waals surface area (Å²) in [6.45, 7) is -0.449. The lowest BCUT2D eigenvalue weighted by atomic mass is 10.1. The molecule has 0 spiro atoms. The Morgan fingerprint density at radius 2 is 2.33 bits per heavy atom. The lowest BCUT2D eigenvalue weighted by molar-refractivity contribution is 0.0592. The molecule has 1 aromatic heterocycles. The van der Waals surface area contributed by atoms with Gasteiger partial charge in [0, 0.05) is 12.6 Å². The lowest BCUT2D eigenvalue weighted by Gasteiger charge is -2.00. The number of halogens is 1. The van der Waals surface area contributed by atoms with Crippen molar-refractivity contribution in [1.82, 2.24) is 9.78 Å². The number of alkyl halides is 1. The van der Waals surface area contributed by atoms with Crippen LogP contribution in [0.1, 0.15) is 22.5 Å². The predicted molar refractivity (Wildman–Crippen MR) is 53.3 cm³/mol. The molecular weight excluding hydrogens is 201 g/mol. The van der Waals surface area contributed by atoms with Gasteiger partial charge in [-0.1, -0.05) is 0 Å². The number of ether oxygens (including phenoxy) is 1. The minimum absolute atomic E-state index is 0.172. The van der Waals surface area contributed by atoms with Crippen LogP contribution in [0.25, 0.3) is 0 Å². The highest BCUT2D eigenvalue weighted by molar-refractivity contribution is 5.90. The molecule has 0 saturated heterocycles. The zero-order valence-corrected chi connectivity index (χ0v) is 8.79. The minimum Gasteiger partial charge on any atom is -0.464 e. The number of hydrogen-bond acceptors (Lipinski definition) is 4. The maximum Gasteiger partial charge on any atom is 0.358 e. The van der Waals surface area contributed by atoms with Crippen LogP contribution in [-0.4, -0.2) is 29.5 Å². The van der Waals surface area contributed by atoms with Crippen molar-refractivity contribution < 1.29 is 13.9 Å². The maximum absolute atomic E-state index is 12.0. The van der Waals surface area contributed by atoms with Crippen LogP contribution < -0.4 is 5.73 Å². The Kier molecular flexibility index (Phi) is 3.65. The Morgan fingerprint density at radius 1 is 1.67 bits per heavy atom. The number of nitrogens with zero attached hydrogens (tertiary/aromatic N) is 2. The summed E-state index contributed by atoms with van der Waals surface area (Å²) >= 11 is 0. The molecule has 0 atom stereocenters. The van der Waals surface area contributed by atoms with Crippen LogP contribution >= 0.6 is 0 Å². The van der Waals surface area contributed by atoms with Gasteiger partial charge in [-0.05, 0) is 12.8 Å². The van der Waals surface area contributed by atoms with Crippen LogP contribution in [0.3, 0.4) is 0 Å². The first-order chi connectivity index (χ1) is 7.11. The normalized spacial score (nSPS) is 10.3. The number of nitrogens with two attached hydrogens (primary N) is 1. The van der Waals surface area contributed by atoms with Crippen molar-refractivity contribution in [3.05, 3.63) is 11.3 Å². The van der Waals surface area contributed by atoms with Gasteiger partial charge in [-0.15, -0.1) is 0 Å². The molecule has 6 heteroatoms. The Balaban J connectivity index is 3.03. The maximum atomic E-state index is 12.0. The molecule has 0 aliphatic carbocycles. The summed E-state index contributed by atoms with van der Waals surface area (Å²) in [5.74, 6) is -0.167. The molecule has 0 aromatic carbocycles. The number of aryl methyl sites for hydroxylation is 1. The van der Waals surface area contributed by atoms with Crippen molar-refractivity contribution in [3.8, 4) is 0 Å². The third kappa shape index (κ3) is 2.26. The Hall–Kier alpha value is -1.59. The molecule has 1 aromatic rings. The quantitative estimate of drug-likeness (QED) is 0.750. The second kappa shape index (κ2) is 4.77. The van der Waals surface area contributed by atoms with Crippen molar-refractivity contribution in [3.63, 3.8) is 0 Å². The summed E-state index contributed by atoms with van der Waals surface area (Å²) in [6.07, 6.45) is 0.709. The van der Waals surface area contributed by atoms with Gasteiger partial charge in [0.1, 0.15) is 5.82 Å². The van der Waals surface area contributed by atoms with E-state index in [0.29, 0.717) is 24.2 Å². The van der Waals surface area contributed by atoms with Gasteiger partial charge < -0.3 is 10.5 Å². The van der Waals surface area contributed by atoms with E-state index < -0.39 is 12.6 Å². The molecule has 0 aliphatic rings. The first-order valence-corrected chi connectivity index (χ1v) is 4.57. The monoisotopic (exact) mass is 215 g/mol. The Bertz CT molecular complexity index is 362. The van der Waals surface area contributed by atoms with Gasteiger partial charge in [0.05, 0.1) is 13.8 Å². The largest absolute Gasteiger partial charge is 0.464 e. The Labute approximate surface area is 87.0 Å². The molecule has 15 heavy (non-hydrogen) atoms.